The first-order valence-corrected chi connectivity index (χ1v) is 8.31. The first-order valence-electron chi connectivity index (χ1n) is 8.31. The van der Waals surface area contributed by atoms with Gasteiger partial charge in [0.05, 0.1) is 0 Å². The molecule has 1 aliphatic rings. The third-order valence-corrected chi connectivity index (χ3v) is 4.79. The van der Waals surface area contributed by atoms with Gasteiger partial charge in [-0.2, -0.15) is 0 Å². The Labute approximate surface area is 137 Å². The molecular weight excluding hydrogens is 286 g/mol. The number of carboxylic acid groups (broad SMARTS) is 1. The Balaban J connectivity index is 1.84. The molecule has 0 saturated carbocycles. The summed E-state index contributed by atoms with van der Waals surface area (Å²) in [4.78, 5) is 13.8. The minimum absolute atomic E-state index is 0.187. The van der Waals surface area contributed by atoms with Crippen molar-refractivity contribution in [1.29, 1.82) is 0 Å². The molecule has 1 unspecified atom stereocenters. The van der Waals surface area contributed by atoms with Crippen LogP contribution >= 0.6 is 0 Å². The molecule has 2 aromatic carbocycles. The van der Waals surface area contributed by atoms with Gasteiger partial charge >= 0.3 is 5.97 Å². The molecule has 3 rings (SSSR count). The molecule has 2 aromatic rings. The fourth-order valence-corrected chi connectivity index (χ4v) is 3.64. The van der Waals surface area contributed by atoms with Crippen molar-refractivity contribution < 1.29 is 9.90 Å². The maximum atomic E-state index is 11.6. The third kappa shape index (κ3) is 3.30. The van der Waals surface area contributed by atoms with E-state index >= 15 is 0 Å². The Bertz CT molecular complexity index is 668. The van der Waals surface area contributed by atoms with E-state index in [0.29, 0.717) is 6.42 Å². The number of hydrogen-bond donors (Lipinski definition) is 1. The molecule has 0 radical (unpaired) electrons. The van der Waals surface area contributed by atoms with Crippen molar-refractivity contribution in [3.63, 3.8) is 0 Å². The van der Waals surface area contributed by atoms with Gasteiger partial charge in [0.15, 0.2) is 0 Å². The summed E-state index contributed by atoms with van der Waals surface area (Å²) in [5.74, 6) is -0.718. The minimum atomic E-state index is -0.718. The molecule has 0 aliphatic carbocycles. The molecule has 3 heteroatoms. The fraction of sp³-hybridized carbons (Fsp3) is 0.350. The lowest BCUT2D eigenvalue weighted by molar-refractivity contribution is -0.144. The quantitative estimate of drug-likeness (QED) is 0.875. The lowest BCUT2D eigenvalue weighted by atomic mass is 9.97. The highest BCUT2D eigenvalue weighted by Crippen LogP contribution is 2.38. The van der Waals surface area contributed by atoms with E-state index in [9.17, 15) is 9.90 Å². The summed E-state index contributed by atoms with van der Waals surface area (Å²) in [6, 6.07) is 18.6. The number of carbonyl (C=O) groups is 1. The average molecular weight is 309 g/mol. The van der Waals surface area contributed by atoms with E-state index in [1.165, 1.54) is 16.7 Å². The lowest BCUT2D eigenvalue weighted by Gasteiger charge is -2.30. The van der Waals surface area contributed by atoms with Gasteiger partial charge in [-0.15, -0.1) is 0 Å². The molecule has 120 valence electrons. The predicted molar refractivity (Wildman–Crippen MR) is 91.2 cm³/mol. The molecule has 1 N–H and O–H groups in total. The van der Waals surface area contributed by atoms with Crippen LogP contribution in [-0.4, -0.2) is 22.0 Å². The maximum Gasteiger partial charge on any atom is 0.320 e. The topological polar surface area (TPSA) is 40.5 Å². The zero-order valence-corrected chi connectivity index (χ0v) is 13.5. The fourth-order valence-electron chi connectivity index (χ4n) is 3.64. The Hall–Kier alpha value is -2.13. The summed E-state index contributed by atoms with van der Waals surface area (Å²) >= 11 is 0. The van der Waals surface area contributed by atoms with Crippen molar-refractivity contribution in [2.24, 2.45) is 0 Å². The van der Waals surface area contributed by atoms with Crippen LogP contribution < -0.4 is 0 Å². The molecule has 0 aromatic heterocycles. The summed E-state index contributed by atoms with van der Waals surface area (Å²) in [5, 5.41) is 9.57. The van der Waals surface area contributed by atoms with Gasteiger partial charge in [-0.25, -0.2) is 0 Å². The third-order valence-electron chi connectivity index (χ3n) is 4.79. The number of aryl methyl sites for hydroxylation is 1. The standard InChI is InChI=1S/C20H23NO2/c1-2-18(20(22)23)21-14-16-10-6-7-11-17(16)19(21)13-12-15-8-4-3-5-9-15/h3-11,18-19H,2,12-14H2,1H3,(H,22,23)/t18?,19-/m1/s1. The van der Waals surface area contributed by atoms with Crippen LogP contribution in [0.5, 0.6) is 0 Å². The van der Waals surface area contributed by atoms with Gasteiger partial charge in [-0.3, -0.25) is 9.69 Å². The van der Waals surface area contributed by atoms with Crippen molar-refractivity contribution >= 4 is 5.97 Å². The Kier molecular flexibility index (Phi) is 4.77. The summed E-state index contributed by atoms with van der Waals surface area (Å²) in [6.45, 7) is 2.69. The van der Waals surface area contributed by atoms with Crippen molar-refractivity contribution in [1.82, 2.24) is 4.90 Å². The van der Waals surface area contributed by atoms with Gasteiger partial charge in [0, 0.05) is 12.6 Å². The Morgan fingerprint density at radius 2 is 1.87 bits per heavy atom. The van der Waals surface area contributed by atoms with E-state index in [2.05, 4.69) is 47.4 Å². The van der Waals surface area contributed by atoms with Crippen molar-refractivity contribution in [3.05, 3.63) is 71.3 Å². The molecule has 2 atom stereocenters. The molecule has 0 fully saturated rings. The average Bonchev–Trinajstić information content (AvgIpc) is 2.92. The van der Waals surface area contributed by atoms with Gasteiger partial charge in [0.1, 0.15) is 6.04 Å². The van der Waals surface area contributed by atoms with Gasteiger partial charge in [0.2, 0.25) is 0 Å². The number of aliphatic carboxylic acids is 1. The number of hydrogen-bond acceptors (Lipinski definition) is 2. The molecular formula is C20H23NO2. The normalized spacial score (nSPS) is 18.6. The molecule has 0 spiro atoms. The van der Waals surface area contributed by atoms with E-state index in [0.717, 1.165) is 19.4 Å². The zero-order valence-electron chi connectivity index (χ0n) is 13.5. The van der Waals surface area contributed by atoms with Crippen LogP contribution in [0.25, 0.3) is 0 Å². The minimum Gasteiger partial charge on any atom is -0.480 e. The molecule has 1 aliphatic heterocycles. The molecule has 0 amide bonds. The molecule has 3 nitrogen and oxygen atoms in total. The Morgan fingerprint density at radius 1 is 1.17 bits per heavy atom. The van der Waals surface area contributed by atoms with Gasteiger partial charge in [0.25, 0.3) is 0 Å². The maximum absolute atomic E-state index is 11.6. The number of benzene rings is 2. The highest BCUT2D eigenvalue weighted by Gasteiger charge is 2.36. The second kappa shape index (κ2) is 6.97. The van der Waals surface area contributed by atoms with Crippen LogP contribution in [0.2, 0.25) is 0 Å². The van der Waals surface area contributed by atoms with Crippen molar-refractivity contribution in [3.8, 4) is 0 Å². The lowest BCUT2D eigenvalue weighted by Crippen LogP contribution is -2.39. The van der Waals surface area contributed by atoms with E-state index in [4.69, 9.17) is 0 Å². The highest BCUT2D eigenvalue weighted by atomic mass is 16.4. The zero-order chi connectivity index (χ0) is 16.2. The number of carboxylic acids is 1. The first kappa shape index (κ1) is 15.8. The monoisotopic (exact) mass is 309 g/mol. The van der Waals surface area contributed by atoms with E-state index in [1.807, 2.05) is 19.1 Å². The smallest absolute Gasteiger partial charge is 0.320 e. The van der Waals surface area contributed by atoms with Crippen LogP contribution in [0.3, 0.4) is 0 Å². The molecule has 1 heterocycles. The second-order valence-corrected chi connectivity index (χ2v) is 6.17. The molecule has 0 saturated heterocycles. The molecule has 0 bridgehead atoms. The number of rotatable bonds is 6. The van der Waals surface area contributed by atoms with Crippen LogP contribution in [0, 0.1) is 0 Å². The summed E-state index contributed by atoms with van der Waals surface area (Å²) in [6.07, 6.45) is 2.54. The SMILES string of the molecule is CCC(C(=O)O)N1Cc2ccccc2[C@H]1CCc1ccccc1. The van der Waals surface area contributed by atoms with E-state index in [1.54, 1.807) is 0 Å². The summed E-state index contributed by atoms with van der Waals surface area (Å²) < 4.78 is 0. The van der Waals surface area contributed by atoms with E-state index in [-0.39, 0.29) is 6.04 Å². The Morgan fingerprint density at radius 3 is 2.57 bits per heavy atom. The summed E-state index contributed by atoms with van der Waals surface area (Å²) in [7, 11) is 0. The van der Waals surface area contributed by atoms with Gasteiger partial charge in [-0.05, 0) is 36.0 Å². The first-order chi connectivity index (χ1) is 11.2. The van der Waals surface area contributed by atoms with Crippen molar-refractivity contribution in [2.75, 3.05) is 0 Å². The van der Waals surface area contributed by atoms with Crippen LogP contribution in [-0.2, 0) is 17.8 Å². The number of nitrogens with zero attached hydrogens (tertiary/aromatic N) is 1. The van der Waals surface area contributed by atoms with Crippen LogP contribution in [0.1, 0.15) is 42.5 Å². The number of fused-ring (bicyclic) bond motifs is 1. The van der Waals surface area contributed by atoms with E-state index < -0.39 is 12.0 Å². The summed E-state index contributed by atoms with van der Waals surface area (Å²) in [5.41, 5.74) is 3.87. The largest absolute Gasteiger partial charge is 0.480 e. The van der Waals surface area contributed by atoms with Gasteiger partial charge in [-0.1, -0.05) is 61.5 Å². The van der Waals surface area contributed by atoms with Crippen LogP contribution in [0.4, 0.5) is 0 Å². The predicted octanol–water partition coefficient (Wildman–Crippen LogP) is 4.04. The molecule has 23 heavy (non-hydrogen) atoms. The van der Waals surface area contributed by atoms with Crippen LogP contribution in [0.15, 0.2) is 54.6 Å². The second-order valence-electron chi connectivity index (χ2n) is 6.17. The highest BCUT2D eigenvalue weighted by molar-refractivity contribution is 5.73. The van der Waals surface area contributed by atoms with Gasteiger partial charge < -0.3 is 5.11 Å². The van der Waals surface area contributed by atoms with Crippen molar-refractivity contribution in [2.45, 2.75) is 44.8 Å².